The van der Waals surface area contributed by atoms with Crippen molar-refractivity contribution in [2.75, 3.05) is 24.6 Å². The Morgan fingerprint density at radius 3 is 2.84 bits per heavy atom. The molecule has 3 N–H and O–H groups in total. The van der Waals surface area contributed by atoms with Gasteiger partial charge in [0.05, 0.1) is 17.9 Å². The van der Waals surface area contributed by atoms with Crippen LogP contribution in [0.5, 0.6) is 0 Å². The maximum absolute atomic E-state index is 8.92. The van der Waals surface area contributed by atoms with Crippen LogP contribution in [0.4, 0.5) is 5.69 Å². The second-order valence-electron chi connectivity index (χ2n) is 5.49. The number of oxime groups is 1. The van der Waals surface area contributed by atoms with E-state index in [1.54, 1.807) is 0 Å². The zero-order chi connectivity index (χ0) is 14.0. The first kappa shape index (κ1) is 13.7. The molecule has 5 heteroatoms. The lowest BCUT2D eigenvalue weighted by Gasteiger charge is -2.40. The van der Waals surface area contributed by atoms with E-state index in [2.05, 4.69) is 23.9 Å². The predicted molar refractivity (Wildman–Crippen MR) is 75.9 cm³/mol. The Labute approximate surface area is 113 Å². The Morgan fingerprint density at radius 2 is 2.21 bits per heavy atom. The number of hydrogen-bond donors (Lipinski definition) is 2. The van der Waals surface area contributed by atoms with Crippen molar-refractivity contribution in [3.63, 3.8) is 0 Å². The van der Waals surface area contributed by atoms with Crippen LogP contribution in [-0.4, -0.2) is 36.3 Å². The normalized spacial score (nSPS) is 19.5. The zero-order valence-corrected chi connectivity index (χ0v) is 11.7. The van der Waals surface area contributed by atoms with Gasteiger partial charge in [-0.25, -0.2) is 0 Å². The fourth-order valence-corrected chi connectivity index (χ4v) is 2.55. The van der Waals surface area contributed by atoms with Gasteiger partial charge >= 0.3 is 0 Å². The monoisotopic (exact) mass is 263 g/mol. The van der Waals surface area contributed by atoms with Gasteiger partial charge in [0.2, 0.25) is 0 Å². The van der Waals surface area contributed by atoms with Crippen LogP contribution in [0.15, 0.2) is 23.4 Å². The van der Waals surface area contributed by atoms with Gasteiger partial charge in [0.1, 0.15) is 0 Å². The molecule has 0 radical (unpaired) electrons. The van der Waals surface area contributed by atoms with E-state index in [0.29, 0.717) is 6.61 Å². The van der Waals surface area contributed by atoms with Crippen LogP contribution < -0.4 is 10.6 Å². The number of amidine groups is 1. The number of anilines is 1. The third-order valence-electron chi connectivity index (χ3n) is 3.36. The Hall–Kier alpha value is -1.75. The molecule has 1 aliphatic rings. The molecule has 1 heterocycles. The van der Waals surface area contributed by atoms with Crippen LogP contribution in [-0.2, 0) is 4.74 Å². The SMILES string of the molecule is Cc1cccc(/C(N)=N/O)c1N1CCOC(C)(C)C1. The van der Waals surface area contributed by atoms with Crippen LogP contribution in [0.1, 0.15) is 25.0 Å². The lowest BCUT2D eigenvalue weighted by molar-refractivity contribution is -0.0277. The van der Waals surface area contributed by atoms with Gasteiger partial charge in [0, 0.05) is 18.7 Å². The highest BCUT2D eigenvalue weighted by atomic mass is 16.5. The number of nitrogens with zero attached hydrogens (tertiary/aromatic N) is 2. The lowest BCUT2D eigenvalue weighted by atomic mass is 10.0. The van der Waals surface area contributed by atoms with E-state index in [0.717, 1.165) is 29.9 Å². The van der Waals surface area contributed by atoms with Crippen LogP contribution in [0.2, 0.25) is 0 Å². The largest absolute Gasteiger partial charge is 0.409 e. The average molecular weight is 263 g/mol. The Balaban J connectivity index is 2.43. The van der Waals surface area contributed by atoms with E-state index in [-0.39, 0.29) is 11.4 Å². The molecule has 2 rings (SSSR count). The molecule has 0 spiro atoms. The molecule has 0 aliphatic carbocycles. The van der Waals surface area contributed by atoms with E-state index < -0.39 is 0 Å². The second-order valence-corrected chi connectivity index (χ2v) is 5.49. The minimum Gasteiger partial charge on any atom is -0.409 e. The quantitative estimate of drug-likeness (QED) is 0.369. The van der Waals surface area contributed by atoms with E-state index in [1.807, 2.05) is 25.1 Å². The highest BCUT2D eigenvalue weighted by Gasteiger charge is 2.29. The van der Waals surface area contributed by atoms with Gasteiger partial charge < -0.3 is 20.6 Å². The topological polar surface area (TPSA) is 71.1 Å². The standard InChI is InChI=1S/C14H21N3O2/c1-10-5-4-6-11(13(15)16-18)12(10)17-7-8-19-14(2,3)9-17/h4-6,18H,7-9H2,1-3H3,(H2,15,16). The molecule has 0 bridgehead atoms. The second kappa shape index (κ2) is 5.09. The summed E-state index contributed by atoms with van der Waals surface area (Å²) < 4.78 is 5.73. The van der Waals surface area contributed by atoms with Gasteiger partial charge in [0.15, 0.2) is 5.84 Å². The minimum atomic E-state index is -0.192. The molecule has 0 atom stereocenters. The fraction of sp³-hybridized carbons (Fsp3) is 0.500. The summed E-state index contributed by atoms with van der Waals surface area (Å²) in [6.45, 7) is 8.44. The van der Waals surface area contributed by atoms with Gasteiger partial charge in [-0.3, -0.25) is 0 Å². The van der Waals surface area contributed by atoms with E-state index >= 15 is 0 Å². The van der Waals surface area contributed by atoms with Crippen molar-refractivity contribution >= 4 is 11.5 Å². The van der Waals surface area contributed by atoms with Gasteiger partial charge in [-0.1, -0.05) is 17.3 Å². The molecule has 0 saturated carbocycles. The molecule has 1 aromatic rings. The molecule has 5 nitrogen and oxygen atoms in total. The summed E-state index contributed by atoms with van der Waals surface area (Å²) in [5.41, 5.74) is 8.49. The van der Waals surface area contributed by atoms with Gasteiger partial charge in [0.25, 0.3) is 0 Å². The molecule has 19 heavy (non-hydrogen) atoms. The van der Waals surface area contributed by atoms with Crippen LogP contribution >= 0.6 is 0 Å². The van der Waals surface area contributed by atoms with E-state index in [1.165, 1.54) is 0 Å². The zero-order valence-electron chi connectivity index (χ0n) is 11.7. The maximum Gasteiger partial charge on any atom is 0.172 e. The Kier molecular flexibility index (Phi) is 3.66. The van der Waals surface area contributed by atoms with Crippen LogP contribution in [0.3, 0.4) is 0 Å². The van der Waals surface area contributed by atoms with Crippen molar-refractivity contribution in [3.8, 4) is 0 Å². The average Bonchev–Trinajstić information content (AvgIpc) is 2.36. The summed E-state index contributed by atoms with van der Waals surface area (Å²) in [6.07, 6.45) is 0. The molecule has 1 saturated heterocycles. The predicted octanol–water partition coefficient (Wildman–Crippen LogP) is 1.70. The third kappa shape index (κ3) is 2.81. The Bertz CT molecular complexity index is 497. The molecular formula is C14H21N3O2. The minimum absolute atomic E-state index is 0.142. The number of morpholine rings is 1. The number of rotatable bonds is 2. The number of aryl methyl sites for hydroxylation is 1. The van der Waals surface area contributed by atoms with E-state index in [4.69, 9.17) is 15.7 Å². The molecule has 1 aliphatic heterocycles. The first-order chi connectivity index (χ1) is 8.94. The summed E-state index contributed by atoms with van der Waals surface area (Å²) in [6, 6.07) is 5.82. The highest BCUT2D eigenvalue weighted by molar-refractivity contribution is 6.02. The number of benzene rings is 1. The smallest absolute Gasteiger partial charge is 0.172 e. The highest BCUT2D eigenvalue weighted by Crippen LogP contribution is 2.29. The molecule has 104 valence electrons. The van der Waals surface area contributed by atoms with E-state index in [9.17, 15) is 0 Å². The summed E-state index contributed by atoms with van der Waals surface area (Å²) >= 11 is 0. The van der Waals surface area contributed by atoms with Crippen molar-refractivity contribution in [1.82, 2.24) is 0 Å². The van der Waals surface area contributed by atoms with Crippen molar-refractivity contribution in [3.05, 3.63) is 29.3 Å². The molecule has 0 amide bonds. The van der Waals surface area contributed by atoms with Crippen molar-refractivity contribution in [2.45, 2.75) is 26.4 Å². The van der Waals surface area contributed by atoms with Crippen LogP contribution in [0, 0.1) is 6.92 Å². The van der Waals surface area contributed by atoms with Crippen molar-refractivity contribution in [1.29, 1.82) is 0 Å². The first-order valence-corrected chi connectivity index (χ1v) is 6.41. The summed E-state index contributed by atoms with van der Waals surface area (Å²) in [5, 5.41) is 12.1. The third-order valence-corrected chi connectivity index (χ3v) is 3.36. The summed E-state index contributed by atoms with van der Waals surface area (Å²) in [7, 11) is 0. The maximum atomic E-state index is 8.92. The number of nitrogens with two attached hydrogens (primary N) is 1. The summed E-state index contributed by atoms with van der Waals surface area (Å²) in [5.74, 6) is 0.142. The van der Waals surface area contributed by atoms with Crippen molar-refractivity contribution in [2.24, 2.45) is 10.9 Å². The molecule has 1 aromatic carbocycles. The number of hydrogen-bond acceptors (Lipinski definition) is 4. The van der Waals surface area contributed by atoms with Crippen molar-refractivity contribution < 1.29 is 9.94 Å². The number of ether oxygens (including phenoxy) is 1. The van der Waals surface area contributed by atoms with Gasteiger partial charge in [-0.2, -0.15) is 0 Å². The molecule has 0 unspecified atom stereocenters. The number of para-hydroxylation sites is 1. The summed E-state index contributed by atoms with van der Waals surface area (Å²) in [4.78, 5) is 2.24. The van der Waals surface area contributed by atoms with Gasteiger partial charge in [-0.15, -0.1) is 0 Å². The first-order valence-electron chi connectivity index (χ1n) is 6.41. The lowest BCUT2D eigenvalue weighted by Crippen LogP contribution is -2.49. The fourth-order valence-electron chi connectivity index (χ4n) is 2.55. The van der Waals surface area contributed by atoms with Crippen LogP contribution in [0.25, 0.3) is 0 Å². The molecule has 0 aromatic heterocycles. The van der Waals surface area contributed by atoms with Gasteiger partial charge in [-0.05, 0) is 32.4 Å². The Morgan fingerprint density at radius 1 is 1.47 bits per heavy atom. The molecular weight excluding hydrogens is 242 g/mol. The molecule has 1 fully saturated rings.